The highest BCUT2D eigenvalue weighted by Gasteiger charge is 2.28. The number of likely N-dealkylation sites (tertiary alicyclic amines) is 1. The molecule has 8 heteroatoms. The van der Waals surface area contributed by atoms with E-state index >= 15 is 0 Å². The van der Waals surface area contributed by atoms with Crippen molar-refractivity contribution in [3.05, 3.63) is 36.1 Å². The minimum absolute atomic E-state index is 0.0164. The number of hydrazine groups is 1. The van der Waals surface area contributed by atoms with Gasteiger partial charge in [-0.25, -0.2) is 4.79 Å². The van der Waals surface area contributed by atoms with Crippen molar-refractivity contribution in [3.8, 4) is 0 Å². The summed E-state index contributed by atoms with van der Waals surface area (Å²) in [6.07, 6.45) is 2.81. The highest BCUT2D eigenvalue weighted by Crippen LogP contribution is 2.20. The second-order valence-electron chi connectivity index (χ2n) is 5.97. The fourth-order valence-electron chi connectivity index (χ4n) is 3.12. The number of benzene rings is 1. The summed E-state index contributed by atoms with van der Waals surface area (Å²) in [5.74, 6) is -0.884. The van der Waals surface area contributed by atoms with E-state index in [1.165, 1.54) is 11.2 Å². The van der Waals surface area contributed by atoms with E-state index in [0.29, 0.717) is 29.5 Å². The van der Waals surface area contributed by atoms with Crippen LogP contribution in [0.5, 0.6) is 0 Å². The summed E-state index contributed by atoms with van der Waals surface area (Å²) in [5.41, 5.74) is 5.69. The Balaban J connectivity index is 1.57. The van der Waals surface area contributed by atoms with E-state index in [-0.39, 0.29) is 12.5 Å². The van der Waals surface area contributed by atoms with Gasteiger partial charge in [0.1, 0.15) is 5.58 Å². The fraction of sp³-hybridized carbons (Fsp3) is 0.353. The van der Waals surface area contributed by atoms with Crippen molar-refractivity contribution < 1.29 is 23.9 Å². The lowest BCUT2D eigenvalue weighted by Gasteiger charge is -2.33. The summed E-state index contributed by atoms with van der Waals surface area (Å²) >= 11 is 0. The molecule has 3 rings (SSSR count). The minimum Gasteiger partial charge on any atom is -0.465 e. The van der Waals surface area contributed by atoms with Gasteiger partial charge in [0.15, 0.2) is 0 Å². The van der Waals surface area contributed by atoms with Crippen molar-refractivity contribution in [3.63, 3.8) is 0 Å². The highest BCUT2D eigenvalue weighted by atomic mass is 16.4. The van der Waals surface area contributed by atoms with Crippen LogP contribution in [0.2, 0.25) is 0 Å². The third-order valence-corrected chi connectivity index (χ3v) is 4.35. The molecule has 1 fully saturated rings. The first-order chi connectivity index (χ1) is 12.1. The van der Waals surface area contributed by atoms with E-state index in [1.807, 2.05) is 0 Å². The molecule has 0 saturated carbocycles. The molecule has 0 bridgehead atoms. The largest absolute Gasteiger partial charge is 0.465 e. The van der Waals surface area contributed by atoms with E-state index in [4.69, 9.17) is 4.42 Å². The number of carboxylic acid groups (broad SMARTS) is 1. The molecule has 1 atom stereocenters. The van der Waals surface area contributed by atoms with Gasteiger partial charge in [-0.1, -0.05) is 6.07 Å². The summed E-state index contributed by atoms with van der Waals surface area (Å²) in [6, 6.07) is 6.38. The minimum atomic E-state index is -1.02. The quantitative estimate of drug-likeness (QED) is 0.738. The predicted molar refractivity (Wildman–Crippen MR) is 88.8 cm³/mol. The van der Waals surface area contributed by atoms with Gasteiger partial charge < -0.3 is 14.4 Å². The lowest BCUT2D eigenvalue weighted by Crippen LogP contribution is -2.48. The van der Waals surface area contributed by atoms with Crippen LogP contribution in [0.1, 0.15) is 36.0 Å². The molecular weight excluding hydrogens is 326 g/mol. The second kappa shape index (κ2) is 7.25. The third-order valence-electron chi connectivity index (χ3n) is 4.35. The zero-order valence-corrected chi connectivity index (χ0v) is 13.5. The summed E-state index contributed by atoms with van der Waals surface area (Å²) in [5, 5.41) is 9.84. The molecule has 0 spiro atoms. The van der Waals surface area contributed by atoms with Gasteiger partial charge in [0, 0.05) is 24.4 Å². The zero-order chi connectivity index (χ0) is 17.8. The van der Waals surface area contributed by atoms with Crippen LogP contribution in [0, 0.1) is 0 Å². The van der Waals surface area contributed by atoms with Crippen LogP contribution >= 0.6 is 0 Å². The first kappa shape index (κ1) is 16.8. The molecule has 2 heterocycles. The summed E-state index contributed by atoms with van der Waals surface area (Å²) < 4.78 is 5.24. The van der Waals surface area contributed by atoms with Gasteiger partial charge in [0.2, 0.25) is 5.91 Å². The van der Waals surface area contributed by atoms with Gasteiger partial charge in [-0.05, 0) is 37.5 Å². The van der Waals surface area contributed by atoms with Gasteiger partial charge in [-0.3, -0.25) is 20.4 Å². The fourth-order valence-corrected chi connectivity index (χ4v) is 3.12. The van der Waals surface area contributed by atoms with Crippen molar-refractivity contribution in [2.24, 2.45) is 0 Å². The first-order valence-corrected chi connectivity index (χ1v) is 8.11. The number of fused-ring (bicyclic) bond motifs is 1. The van der Waals surface area contributed by atoms with Crippen LogP contribution in [-0.4, -0.2) is 40.5 Å². The van der Waals surface area contributed by atoms with E-state index < -0.39 is 17.9 Å². The lowest BCUT2D eigenvalue weighted by molar-refractivity contribution is -0.123. The highest BCUT2D eigenvalue weighted by molar-refractivity contribution is 6.06. The lowest BCUT2D eigenvalue weighted by atomic mass is 10.00. The Hall–Kier alpha value is -3.03. The van der Waals surface area contributed by atoms with Crippen LogP contribution in [0.4, 0.5) is 4.79 Å². The molecule has 1 aliphatic heterocycles. The monoisotopic (exact) mass is 345 g/mol. The molecule has 2 aromatic rings. The van der Waals surface area contributed by atoms with Crippen molar-refractivity contribution in [1.82, 2.24) is 15.8 Å². The molecule has 3 N–H and O–H groups in total. The SMILES string of the molecule is O=C(CC1CCCCN1C(=O)O)NNC(=O)c1cccc2occc12. The topological polar surface area (TPSA) is 112 Å². The van der Waals surface area contributed by atoms with Crippen molar-refractivity contribution in [2.75, 3.05) is 6.54 Å². The van der Waals surface area contributed by atoms with E-state index in [0.717, 1.165) is 12.8 Å². The molecule has 0 radical (unpaired) electrons. The van der Waals surface area contributed by atoms with Crippen molar-refractivity contribution >= 4 is 28.9 Å². The third kappa shape index (κ3) is 3.73. The van der Waals surface area contributed by atoms with E-state index in [2.05, 4.69) is 10.9 Å². The van der Waals surface area contributed by atoms with Gasteiger partial charge in [-0.2, -0.15) is 0 Å². The molecule has 8 nitrogen and oxygen atoms in total. The molecule has 1 aliphatic rings. The first-order valence-electron chi connectivity index (χ1n) is 8.11. The molecule has 1 unspecified atom stereocenters. The average molecular weight is 345 g/mol. The Morgan fingerprint density at radius 2 is 2.04 bits per heavy atom. The number of hydrogen-bond donors (Lipinski definition) is 3. The van der Waals surface area contributed by atoms with E-state index in [1.54, 1.807) is 24.3 Å². The number of hydrogen-bond acceptors (Lipinski definition) is 4. The maximum atomic E-state index is 12.3. The number of furan rings is 1. The standard InChI is InChI=1S/C17H19N3O5/c21-15(10-11-4-1-2-8-20(11)17(23)24)18-19-16(22)13-5-3-6-14-12(13)7-9-25-14/h3,5-7,9,11H,1-2,4,8,10H2,(H,18,21)(H,19,22)(H,23,24). The Morgan fingerprint density at radius 3 is 2.84 bits per heavy atom. The number of carbonyl (C=O) groups is 3. The predicted octanol–water partition coefficient (Wildman–Crippen LogP) is 2.12. The van der Waals surface area contributed by atoms with Crippen LogP contribution in [0.25, 0.3) is 11.0 Å². The Kier molecular flexibility index (Phi) is 4.87. The zero-order valence-electron chi connectivity index (χ0n) is 13.5. The van der Waals surface area contributed by atoms with Gasteiger partial charge in [0.25, 0.3) is 5.91 Å². The maximum Gasteiger partial charge on any atom is 0.407 e. The molecular formula is C17H19N3O5. The Labute approximate surface area is 143 Å². The second-order valence-corrected chi connectivity index (χ2v) is 5.97. The van der Waals surface area contributed by atoms with Crippen molar-refractivity contribution in [1.29, 1.82) is 0 Å². The number of piperidine rings is 1. The van der Waals surface area contributed by atoms with Crippen LogP contribution < -0.4 is 10.9 Å². The number of amides is 3. The molecule has 1 aromatic carbocycles. The molecule has 1 aromatic heterocycles. The number of rotatable bonds is 3. The van der Waals surface area contributed by atoms with Crippen LogP contribution in [-0.2, 0) is 4.79 Å². The molecule has 132 valence electrons. The Morgan fingerprint density at radius 1 is 1.20 bits per heavy atom. The van der Waals surface area contributed by atoms with E-state index in [9.17, 15) is 19.5 Å². The molecule has 0 aliphatic carbocycles. The number of carbonyl (C=O) groups excluding carboxylic acids is 2. The smallest absolute Gasteiger partial charge is 0.407 e. The average Bonchev–Trinajstić information content (AvgIpc) is 3.08. The van der Waals surface area contributed by atoms with Crippen LogP contribution in [0.3, 0.4) is 0 Å². The number of nitrogens with zero attached hydrogens (tertiary/aromatic N) is 1. The molecule has 3 amide bonds. The van der Waals surface area contributed by atoms with Gasteiger partial charge in [-0.15, -0.1) is 0 Å². The normalized spacial score (nSPS) is 17.3. The summed E-state index contributed by atoms with van der Waals surface area (Å²) in [4.78, 5) is 36.8. The molecule has 1 saturated heterocycles. The van der Waals surface area contributed by atoms with Gasteiger partial charge in [0.05, 0.1) is 11.8 Å². The maximum absolute atomic E-state index is 12.3. The summed E-state index contributed by atoms with van der Waals surface area (Å²) in [6.45, 7) is 0.433. The number of nitrogens with one attached hydrogen (secondary N) is 2. The summed E-state index contributed by atoms with van der Waals surface area (Å²) in [7, 11) is 0. The van der Waals surface area contributed by atoms with Gasteiger partial charge >= 0.3 is 6.09 Å². The molecule has 25 heavy (non-hydrogen) atoms. The van der Waals surface area contributed by atoms with Crippen molar-refractivity contribution in [2.45, 2.75) is 31.7 Å². The van der Waals surface area contributed by atoms with Crippen LogP contribution in [0.15, 0.2) is 34.9 Å². The Bertz CT molecular complexity index is 800.